The van der Waals surface area contributed by atoms with Crippen LogP contribution in [0.25, 0.3) is 0 Å². The quantitative estimate of drug-likeness (QED) is 0.399. The van der Waals surface area contributed by atoms with E-state index in [1.54, 1.807) is 18.2 Å². The molecule has 0 bridgehead atoms. The van der Waals surface area contributed by atoms with Crippen LogP contribution in [0.2, 0.25) is 0 Å². The Morgan fingerprint density at radius 1 is 1.29 bits per heavy atom. The molecule has 0 fully saturated rings. The molecule has 0 aromatic heterocycles. The molecule has 2 aromatic carbocycles. The van der Waals surface area contributed by atoms with Crippen LogP contribution >= 0.6 is 27.5 Å². The van der Waals surface area contributed by atoms with E-state index in [1.165, 1.54) is 6.07 Å². The van der Waals surface area contributed by atoms with Crippen LogP contribution in [0.5, 0.6) is 11.5 Å². The minimum Gasteiger partial charge on any atom is -0.450 e. The molecular formula is C15H13BrClNO3. The first-order valence-corrected chi connectivity index (χ1v) is 7.67. The maximum Gasteiger partial charge on any atom is 0.311 e. The van der Waals surface area contributed by atoms with Crippen LogP contribution in [0, 0.1) is 10.1 Å². The van der Waals surface area contributed by atoms with Gasteiger partial charge < -0.3 is 4.74 Å². The monoisotopic (exact) mass is 369 g/mol. The highest BCUT2D eigenvalue weighted by Gasteiger charge is 2.16. The van der Waals surface area contributed by atoms with Crippen molar-refractivity contribution in [3.63, 3.8) is 0 Å². The predicted molar refractivity (Wildman–Crippen MR) is 86.2 cm³/mol. The fourth-order valence-electron chi connectivity index (χ4n) is 1.84. The number of aryl methyl sites for hydroxylation is 1. The summed E-state index contributed by atoms with van der Waals surface area (Å²) in [5.74, 6) is 1.12. The standard InChI is InChI=1S/C15H13BrClNO3/c1-2-10-3-6-15(14(7-10)18(19)20)21-12-5-4-11(9-17)13(16)8-12/h3-8H,2,9H2,1H3. The molecule has 6 heteroatoms. The molecule has 2 rings (SSSR count). The number of halogens is 2. The molecule has 0 atom stereocenters. The van der Waals surface area contributed by atoms with Gasteiger partial charge in [-0.25, -0.2) is 0 Å². The van der Waals surface area contributed by atoms with E-state index in [0.29, 0.717) is 11.6 Å². The second-order valence-corrected chi connectivity index (χ2v) is 5.52. The van der Waals surface area contributed by atoms with Crippen LogP contribution in [0.4, 0.5) is 5.69 Å². The summed E-state index contributed by atoms with van der Waals surface area (Å²) in [6, 6.07) is 10.3. The molecule has 0 amide bonds. The third-order valence-corrected chi connectivity index (χ3v) is 4.05. The Morgan fingerprint density at radius 2 is 2.05 bits per heavy atom. The molecule has 0 N–H and O–H groups in total. The van der Waals surface area contributed by atoms with Gasteiger partial charge in [0.2, 0.25) is 5.75 Å². The number of hydrogen-bond donors (Lipinski definition) is 0. The molecule has 0 spiro atoms. The number of benzene rings is 2. The van der Waals surface area contributed by atoms with Crippen LogP contribution in [0.3, 0.4) is 0 Å². The van der Waals surface area contributed by atoms with E-state index in [1.807, 2.05) is 19.1 Å². The summed E-state index contributed by atoms with van der Waals surface area (Å²) in [5, 5.41) is 11.1. The molecule has 110 valence electrons. The van der Waals surface area contributed by atoms with Crippen molar-refractivity contribution < 1.29 is 9.66 Å². The van der Waals surface area contributed by atoms with Gasteiger partial charge in [-0.2, -0.15) is 0 Å². The van der Waals surface area contributed by atoms with E-state index in [9.17, 15) is 10.1 Å². The van der Waals surface area contributed by atoms with E-state index in [2.05, 4.69) is 15.9 Å². The Kier molecular flexibility index (Phi) is 5.20. The van der Waals surface area contributed by atoms with Crippen LogP contribution in [-0.2, 0) is 12.3 Å². The van der Waals surface area contributed by atoms with E-state index in [-0.39, 0.29) is 11.4 Å². The van der Waals surface area contributed by atoms with Crippen molar-refractivity contribution in [2.75, 3.05) is 0 Å². The highest BCUT2D eigenvalue weighted by atomic mass is 79.9. The van der Waals surface area contributed by atoms with Crippen LogP contribution in [0.1, 0.15) is 18.1 Å². The number of nitrogens with zero attached hydrogens (tertiary/aromatic N) is 1. The van der Waals surface area contributed by atoms with E-state index < -0.39 is 4.92 Å². The van der Waals surface area contributed by atoms with Gasteiger partial charge in [-0.1, -0.05) is 35.0 Å². The fourth-order valence-corrected chi connectivity index (χ4v) is 2.73. The van der Waals surface area contributed by atoms with Crippen molar-refractivity contribution in [2.24, 2.45) is 0 Å². The molecular weight excluding hydrogens is 358 g/mol. The number of rotatable bonds is 5. The number of alkyl halides is 1. The van der Waals surface area contributed by atoms with Gasteiger partial charge in [-0.15, -0.1) is 11.6 Å². The van der Waals surface area contributed by atoms with Crippen LogP contribution < -0.4 is 4.74 Å². The zero-order chi connectivity index (χ0) is 15.4. The fraction of sp³-hybridized carbons (Fsp3) is 0.200. The molecule has 2 aromatic rings. The van der Waals surface area contributed by atoms with Gasteiger partial charge >= 0.3 is 5.69 Å². The first-order chi connectivity index (χ1) is 10.0. The molecule has 0 aliphatic rings. The summed E-state index contributed by atoms with van der Waals surface area (Å²) in [7, 11) is 0. The molecule has 0 saturated heterocycles. The third kappa shape index (κ3) is 3.74. The summed E-state index contributed by atoms with van der Waals surface area (Å²) < 4.78 is 6.44. The van der Waals surface area contributed by atoms with Gasteiger partial charge in [0.15, 0.2) is 0 Å². The van der Waals surface area contributed by atoms with Gasteiger partial charge in [-0.05, 0) is 35.7 Å². The zero-order valence-electron chi connectivity index (χ0n) is 11.3. The van der Waals surface area contributed by atoms with Crippen LogP contribution in [-0.4, -0.2) is 4.92 Å². The third-order valence-electron chi connectivity index (χ3n) is 3.02. The molecule has 21 heavy (non-hydrogen) atoms. The smallest absolute Gasteiger partial charge is 0.311 e. The molecule has 4 nitrogen and oxygen atoms in total. The predicted octanol–water partition coefficient (Wildman–Crippen LogP) is 5.45. The minimum atomic E-state index is -0.434. The summed E-state index contributed by atoms with van der Waals surface area (Å²) in [4.78, 5) is 10.7. The average Bonchev–Trinajstić information content (AvgIpc) is 2.47. The normalized spacial score (nSPS) is 10.4. The average molecular weight is 371 g/mol. The number of nitro benzene ring substituents is 1. The Bertz CT molecular complexity index is 676. The lowest BCUT2D eigenvalue weighted by molar-refractivity contribution is -0.385. The maximum absolute atomic E-state index is 11.1. The first-order valence-electron chi connectivity index (χ1n) is 6.34. The van der Waals surface area contributed by atoms with Gasteiger partial charge in [-0.3, -0.25) is 10.1 Å². The van der Waals surface area contributed by atoms with Gasteiger partial charge in [0.1, 0.15) is 5.75 Å². The molecule has 0 saturated carbocycles. The van der Waals surface area contributed by atoms with E-state index in [0.717, 1.165) is 22.0 Å². The lowest BCUT2D eigenvalue weighted by Gasteiger charge is -2.09. The number of ether oxygens (including phenoxy) is 1. The van der Waals surface area contributed by atoms with E-state index >= 15 is 0 Å². The van der Waals surface area contributed by atoms with Crippen molar-refractivity contribution in [3.05, 3.63) is 62.1 Å². The molecule has 0 heterocycles. The minimum absolute atomic E-state index is 0.0353. The van der Waals surface area contributed by atoms with Crippen molar-refractivity contribution in [3.8, 4) is 11.5 Å². The SMILES string of the molecule is CCc1ccc(Oc2ccc(CCl)c(Br)c2)c([N+](=O)[O-])c1. The summed E-state index contributed by atoms with van der Waals surface area (Å²) >= 11 is 9.18. The second-order valence-electron chi connectivity index (χ2n) is 4.40. The van der Waals surface area contributed by atoms with Gasteiger partial charge in [0.25, 0.3) is 0 Å². The largest absolute Gasteiger partial charge is 0.450 e. The topological polar surface area (TPSA) is 52.4 Å². The number of nitro groups is 1. The van der Waals surface area contributed by atoms with E-state index in [4.69, 9.17) is 16.3 Å². The van der Waals surface area contributed by atoms with Gasteiger partial charge in [0, 0.05) is 16.4 Å². The summed E-state index contributed by atoms with van der Waals surface area (Å²) in [6.45, 7) is 1.95. The Balaban J connectivity index is 2.35. The van der Waals surface area contributed by atoms with Gasteiger partial charge in [0.05, 0.1) is 4.92 Å². The molecule has 0 radical (unpaired) electrons. The zero-order valence-corrected chi connectivity index (χ0v) is 13.6. The maximum atomic E-state index is 11.1. The first kappa shape index (κ1) is 15.8. The Morgan fingerprint density at radius 3 is 2.62 bits per heavy atom. The molecule has 0 unspecified atom stereocenters. The molecule has 0 aliphatic heterocycles. The van der Waals surface area contributed by atoms with Crippen molar-refractivity contribution in [2.45, 2.75) is 19.2 Å². The van der Waals surface area contributed by atoms with Crippen molar-refractivity contribution >= 4 is 33.2 Å². The Labute approximate surface area is 136 Å². The summed E-state index contributed by atoms with van der Waals surface area (Å²) in [5.41, 5.74) is 1.79. The van der Waals surface area contributed by atoms with Crippen molar-refractivity contribution in [1.29, 1.82) is 0 Å². The Hall–Kier alpha value is -1.59. The van der Waals surface area contributed by atoms with Crippen LogP contribution in [0.15, 0.2) is 40.9 Å². The van der Waals surface area contributed by atoms with Crippen molar-refractivity contribution in [1.82, 2.24) is 0 Å². The lowest BCUT2D eigenvalue weighted by atomic mass is 10.1. The number of hydrogen-bond acceptors (Lipinski definition) is 3. The second kappa shape index (κ2) is 6.91. The highest BCUT2D eigenvalue weighted by molar-refractivity contribution is 9.10. The summed E-state index contributed by atoms with van der Waals surface area (Å²) in [6.07, 6.45) is 0.733. The molecule has 0 aliphatic carbocycles. The lowest BCUT2D eigenvalue weighted by Crippen LogP contribution is -1.95. The highest BCUT2D eigenvalue weighted by Crippen LogP contribution is 2.34.